The standard InChI is InChI=1S/C16H20F3NO4/c1-15(2,3)24-14(23)12(13(21)22)11(20)8-9-4-6-10(7-5-9)16(17,18)19/h4-7,11-12H,8,20H2,1-3H3,(H,21,22). The fraction of sp³-hybridized carbons (Fsp3) is 0.500. The van der Waals surface area contributed by atoms with Crippen molar-refractivity contribution in [2.24, 2.45) is 11.7 Å². The molecule has 0 aliphatic heterocycles. The predicted octanol–water partition coefficient (Wildman–Crippen LogP) is 2.62. The monoisotopic (exact) mass is 347 g/mol. The second-order valence-electron chi connectivity index (χ2n) is 6.41. The van der Waals surface area contributed by atoms with Crippen LogP contribution in [-0.4, -0.2) is 28.7 Å². The van der Waals surface area contributed by atoms with Crippen molar-refractivity contribution in [2.45, 2.75) is 45.0 Å². The average molecular weight is 347 g/mol. The molecule has 0 aromatic heterocycles. The van der Waals surface area contributed by atoms with Crippen molar-refractivity contribution in [3.63, 3.8) is 0 Å². The van der Waals surface area contributed by atoms with Crippen LogP contribution >= 0.6 is 0 Å². The largest absolute Gasteiger partial charge is 0.481 e. The van der Waals surface area contributed by atoms with Gasteiger partial charge in [0.2, 0.25) is 0 Å². The van der Waals surface area contributed by atoms with Gasteiger partial charge in [0.05, 0.1) is 5.56 Å². The number of alkyl halides is 3. The molecule has 0 aliphatic rings. The number of benzene rings is 1. The molecule has 1 rings (SSSR count). The maximum Gasteiger partial charge on any atom is 0.416 e. The number of ether oxygens (including phenoxy) is 1. The first kappa shape index (κ1) is 20.0. The van der Waals surface area contributed by atoms with Crippen LogP contribution in [0.5, 0.6) is 0 Å². The second-order valence-corrected chi connectivity index (χ2v) is 6.41. The van der Waals surface area contributed by atoms with Crippen LogP contribution in [0.3, 0.4) is 0 Å². The van der Waals surface area contributed by atoms with E-state index in [1.165, 1.54) is 12.1 Å². The van der Waals surface area contributed by atoms with Crippen LogP contribution in [0.25, 0.3) is 0 Å². The summed E-state index contributed by atoms with van der Waals surface area (Å²) in [7, 11) is 0. The Labute approximate surface area is 137 Å². The van der Waals surface area contributed by atoms with Crippen molar-refractivity contribution in [2.75, 3.05) is 0 Å². The SMILES string of the molecule is CC(C)(C)OC(=O)C(C(=O)O)C(N)Cc1ccc(C(F)(F)F)cc1. The van der Waals surface area contributed by atoms with Gasteiger partial charge in [0.25, 0.3) is 0 Å². The summed E-state index contributed by atoms with van der Waals surface area (Å²) in [6, 6.07) is 3.04. The molecule has 8 heteroatoms. The fourth-order valence-corrected chi connectivity index (χ4v) is 2.04. The third-order valence-corrected chi connectivity index (χ3v) is 3.11. The Morgan fingerprint density at radius 3 is 2.04 bits per heavy atom. The molecule has 0 saturated carbocycles. The molecule has 24 heavy (non-hydrogen) atoms. The van der Waals surface area contributed by atoms with Gasteiger partial charge in [-0.25, -0.2) is 0 Å². The summed E-state index contributed by atoms with van der Waals surface area (Å²) in [5.41, 5.74) is 4.49. The van der Waals surface area contributed by atoms with E-state index in [1.807, 2.05) is 0 Å². The number of carbonyl (C=O) groups excluding carboxylic acids is 1. The Morgan fingerprint density at radius 1 is 1.17 bits per heavy atom. The number of halogens is 3. The normalized spacial score (nSPS) is 14.8. The Balaban J connectivity index is 2.88. The van der Waals surface area contributed by atoms with Gasteiger partial charge in [-0.15, -0.1) is 0 Å². The van der Waals surface area contributed by atoms with Gasteiger partial charge in [-0.05, 0) is 44.9 Å². The van der Waals surface area contributed by atoms with E-state index in [0.29, 0.717) is 5.56 Å². The lowest BCUT2D eigenvalue weighted by Gasteiger charge is -2.25. The molecule has 0 heterocycles. The van der Waals surface area contributed by atoms with E-state index in [1.54, 1.807) is 20.8 Å². The quantitative estimate of drug-likeness (QED) is 0.631. The van der Waals surface area contributed by atoms with Crippen molar-refractivity contribution in [1.82, 2.24) is 0 Å². The van der Waals surface area contributed by atoms with Crippen molar-refractivity contribution in [1.29, 1.82) is 0 Å². The summed E-state index contributed by atoms with van der Waals surface area (Å²) < 4.78 is 42.6. The highest BCUT2D eigenvalue weighted by Gasteiger charge is 2.36. The van der Waals surface area contributed by atoms with E-state index in [2.05, 4.69) is 0 Å². The Bertz CT molecular complexity index is 591. The molecule has 0 amide bonds. The van der Waals surface area contributed by atoms with Crippen LogP contribution in [-0.2, 0) is 26.9 Å². The first-order valence-electron chi connectivity index (χ1n) is 7.18. The van der Waals surface area contributed by atoms with Crippen molar-refractivity contribution in [3.8, 4) is 0 Å². The number of hydrogen-bond acceptors (Lipinski definition) is 4. The molecule has 1 aromatic carbocycles. The predicted molar refractivity (Wildman–Crippen MR) is 80.1 cm³/mol. The third kappa shape index (κ3) is 5.84. The van der Waals surface area contributed by atoms with Crippen LogP contribution in [0.2, 0.25) is 0 Å². The zero-order chi connectivity index (χ0) is 18.7. The maximum absolute atomic E-state index is 12.5. The molecule has 2 unspecified atom stereocenters. The number of carboxylic acids is 1. The maximum atomic E-state index is 12.5. The molecule has 0 fully saturated rings. The lowest BCUT2D eigenvalue weighted by molar-refractivity contribution is -0.167. The number of aliphatic carboxylic acids is 1. The summed E-state index contributed by atoms with van der Waals surface area (Å²) in [5.74, 6) is -4.02. The van der Waals surface area contributed by atoms with Crippen LogP contribution in [0, 0.1) is 5.92 Å². The molecule has 0 radical (unpaired) electrons. The van der Waals surface area contributed by atoms with Crippen molar-refractivity contribution in [3.05, 3.63) is 35.4 Å². The highest BCUT2D eigenvalue weighted by atomic mass is 19.4. The molecular weight excluding hydrogens is 327 g/mol. The van der Waals surface area contributed by atoms with Crippen LogP contribution in [0.15, 0.2) is 24.3 Å². The molecule has 1 aromatic rings. The number of carboxylic acid groups (broad SMARTS) is 1. The Hall–Kier alpha value is -2.09. The van der Waals surface area contributed by atoms with Gasteiger partial charge in [-0.1, -0.05) is 12.1 Å². The zero-order valence-corrected chi connectivity index (χ0v) is 13.6. The van der Waals surface area contributed by atoms with E-state index < -0.39 is 41.2 Å². The molecule has 3 N–H and O–H groups in total. The second kappa shape index (κ2) is 7.21. The number of rotatable bonds is 5. The average Bonchev–Trinajstić information content (AvgIpc) is 2.35. The summed E-state index contributed by atoms with van der Waals surface area (Å²) in [5, 5.41) is 9.21. The topological polar surface area (TPSA) is 89.6 Å². The Kier molecular flexibility index (Phi) is 5.99. The molecule has 0 spiro atoms. The van der Waals surface area contributed by atoms with Crippen LogP contribution < -0.4 is 5.73 Å². The van der Waals surface area contributed by atoms with E-state index >= 15 is 0 Å². The zero-order valence-electron chi connectivity index (χ0n) is 13.6. The number of hydrogen-bond donors (Lipinski definition) is 2. The van der Waals surface area contributed by atoms with Crippen molar-refractivity contribution < 1.29 is 32.6 Å². The van der Waals surface area contributed by atoms with Gasteiger partial charge < -0.3 is 15.6 Å². The first-order valence-corrected chi connectivity index (χ1v) is 7.18. The number of esters is 1. The van der Waals surface area contributed by atoms with Crippen LogP contribution in [0.1, 0.15) is 31.9 Å². The summed E-state index contributed by atoms with van der Waals surface area (Å²) in [4.78, 5) is 23.3. The molecule has 0 aliphatic carbocycles. The lowest BCUT2D eigenvalue weighted by atomic mass is 9.93. The van der Waals surface area contributed by atoms with E-state index in [-0.39, 0.29) is 6.42 Å². The highest BCUT2D eigenvalue weighted by molar-refractivity contribution is 5.95. The first-order chi connectivity index (χ1) is 10.8. The minimum atomic E-state index is -4.46. The smallest absolute Gasteiger partial charge is 0.416 e. The summed E-state index contributed by atoms with van der Waals surface area (Å²) >= 11 is 0. The van der Waals surface area contributed by atoms with Gasteiger partial charge >= 0.3 is 18.1 Å². The van der Waals surface area contributed by atoms with Gasteiger partial charge in [0.15, 0.2) is 5.92 Å². The molecule has 5 nitrogen and oxygen atoms in total. The molecule has 2 atom stereocenters. The minimum absolute atomic E-state index is 0.0751. The van der Waals surface area contributed by atoms with Gasteiger partial charge in [0.1, 0.15) is 5.60 Å². The van der Waals surface area contributed by atoms with Crippen LogP contribution in [0.4, 0.5) is 13.2 Å². The fourth-order valence-electron chi connectivity index (χ4n) is 2.04. The summed E-state index contributed by atoms with van der Waals surface area (Å²) in [6.45, 7) is 4.77. The van der Waals surface area contributed by atoms with E-state index in [0.717, 1.165) is 12.1 Å². The third-order valence-electron chi connectivity index (χ3n) is 3.11. The Morgan fingerprint density at radius 2 is 1.67 bits per heavy atom. The van der Waals surface area contributed by atoms with E-state index in [9.17, 15) is 27.9 Å². The summed E-state index contributed by atoms with van der Waals surface area (Å²) in [6.07, 6.45) is -4.53. The minimum Gasteiger partial charge on any atom is -0.481 e. The van der Waals surface area contributed by atoms with E-state index in [4.69, 9.17) is 10.5 Å². The van der Waals surface area contributed by atoms with Gasteiger partial charge in [-0.3, -0.25) is 9.59 Å². The molecular formula is C16H20F3NO4. The molecule has 134 valence electrons. The number of carbonyl (C=O) groups is 2. The highest BCUT2D eigenvalue weighted by Crippen LogP contribution is 2.29. The van der Waals surface area contributed by atoms with Gasteiger partial charge in [0, 0.05) is 6.04 Å². The number of nitrogens with two attached hydrogens (primary N) is 1. The molecule has 0 bridgehead atoms. The van der Waals surface area contributed by atoms with Gasteiger partial charge in [-0.2, -0.15) is 13.2 Å². The van der Waals surface area contributed by atoms with Crippen molar-refractivity contribution >= 4 is 11.9 Å². The molecule has 0 saturated heterocycles. The lowest BCUT2D eigenvalue weighted by Crippen LogP contribution is -2.45.